The lowest BCUT2D eigenvalue weighted by molar-refractivity contribution is -0.309. The minimum absolute atomic E-state index is 0.132. The third-order valence-electron chi connectivity index (χ3n) is 5.95. The SMILES string of the molecule is O=C(CCl)O[C@@H]1[C@@H](OCc2ccccc2)[C@@H](OCc2ccccc2)[C@@H](COCc2ccccc2)O[C@H]1O. The molecule has 7 nitrogen and oxygen atoms in total. The van der Waals surface area contributed by atoms with Gasteiger partial charge < -0.3 is 28.8 Å². The standard InChI is InChI=1S/C29H31ClO7/c30-16-25(31)37-28-27(35-19-23-14-8-3-9-15-23)26(34-18-22-12-6-2-7-13-22)24(36-29(28)32)20-33-17-21-10-4-1-5-11-21/h1-15,24,26-29,32H,16-20H2/t24-,26+,27+,28-,29-/m1/s1. The molecular formula is C29H31ClO7. The molecule has 3 aromatic rings. The van der Waals surface area contributed by atoms with Gasteiger partial charge in [-0.15, -0.1) is 11.6 Å². The van der Waals surface area contributed by atoms with E-state index in [1.807, 2.05) is 91.0 Å². The van der Waals surface area contributed by atoms with Crippen LogP contribution < -0.4 is 0 Å². The average molecular weight is 527 g/mol. The highest BCUT2D eigenvalue weighted by Gasteiger charge is 2.49. The molecular weight excluding hydrogens is 496 g/mol. The zero-order valence-electron chi connectivity index (χ0n) is 20.4. The molecule has 1 aliphatic rings. The number of carbonyl (C=O) groups excluding carboxylic acids is 1. The van der Waals surface area contributed by atoms with Gasteiger partial charge in [-0.3, -0.25) is 4.79 Å². The fourth-order valence-electron chi connectivity index (χ4n) is 4.13. The number of alkyl halides is 1. The summed E-state index contributed by atoms with van der Waals surface area (Å²) in [5.74, 6) is -1.06. The van der Waals surface area contributed by atoms with E-state index in [0.29, 0.717) is 6.61 Å². The van der Waals surface area contributed by atoms with Crippen molar-refractivity contribution in [2.24, 2.45) is 0 Å². The molecule has 3 aromatic carbocycles. The Labute approximate surface area is 221 Å². The monoisotopic (exact) mass is 526 g/mol. The number of ether oxygens (including phenoxy) is 5. The van der Waals surface area contributed by atoms with Crippen LogP contribution in [0, 0.1) is 0 Å². The normalized spacial score (nSPS) is 23.5. The van der Waals surface area contributed by atoms with Crippen molar-refractivity contribution < 1.29 is 33.6 Å². The lowest BCUT2D eigenvalue weighted by Gasteiger charge is -2.44. The summed E-state index contributed by atoms with van der Waals surface area (Å²) in [7, 11) is 0. The summed E-state index contributed by atoms with van der Waals surface area (Å²) < 4.78 is 29.8. The molecule has 196 valence electrons. The molecule has 0 aromatic heterocycles. The van der Waals surface area contributed by atoms with Crippen LogP contribution in [0.25, 0.3) is 0 Å². The van der Waals surface area contributed by atoms with Crippen molar-refractivity contribution >= 4 is 17.6 Å². The van der Waals surface area contributed by atoms with Crippen molar-refractivity contribution in [2.45, 2.75) is 50.5 Å². The van der Waals surface area contributed by atoms with Crippen LogP contribution in [0.1, 0.15) is 16.7 Å². The molecule has 1 heterocycles. The van der Waals surface area contributed by atoms with Crippen LogP contribution in [-0.2, 0) is 48.3 Å². The van der Waals surface area contributed by atoms with E-state index >= 15 is 0 Å². The van der Waals surface area contributed by atoms with Gasteiger partial charge in [0.2, 0.25) is 0 Å². The lowest BCUT2D eigenvalue weighted by atomic mass is 9.98. The first-order valence-corrected chi connectivity index (χ1v) is 12.7. The van der Waals surface area contributed by atoms with Crippen LogP contribution in [-0.4, -0.2) is 54.3 Å². The number of rotatable bonds is 12. The quantitative estimate of drug-likeness (QED) is 0.279. The van der Waals surface area contributed by atoms with Crippen LogP contribution in [0.15, 0.2) is 91.0 Å². The van der Waals surface area contributed by atoms with Crippen LogP contribution in [0.5, 0.6) is 0 Å². The molecule has 0 aliphatic carbocycles. The van der Waals surface area contributed by atoms with Gasteiger partial charge in [0.25, 0.3) is 0 Å². The third kappa shape index (κ3) is 8.10. The Hall–Kier alpha value is -2.78. The fourth-order valence-corrected chi connectivity index (χ4v) is 4.19. The minimum atomic E-state index is -1.45. The molecule has 0 radical (unpaired) electrons. The van der Waals surface area contributed by atoms with Gasteiger partial charge in [-0.05, 0) is 16.7 Å². The number of carbonyl (C=O) groups is 1. The Kier molecular flexibility index (Phi) is 10.5. The van der Waals surface area contributed by atoms with E-state index in [-0.39, 0.29) is 25.7 Å². The number of benzene rings is 3. The summed E-state index contributed by atoms with van der Waals surface area (Å²) in [6.45, 7) is 0.979. The minimum Gasteiger partial charge on any atom is -0.453 e. The molecule has 8 heteroatoms. The predicted octanol–water partition coefficient (Wildman–Crippen LogP) is 4.24. The number of hydrogen-bond acceptors (Lipinski definition) is 7. The van der Waals surface area contributed by atoms with Crippen molar-refractivity contribution in [3.05, 3.63) is 108 Å². The molecule has 1 saturated heterocycles. The largest absolute Gasteiger partial charge is 0.453 e. The number of aliphatic hydroxyl groups is 1. The highest BCUT2D eigenvalue weighted by molar-refractivity contribution is 6.26. The molecule has 37 heavy (non-hydrogen) atoms. The van der Waals surface area contributed by atoms with Gasteiger partial charge in [-0.1, -0.05) is 91.0 Å². The van der Waals surface area contributed by atoms with Crippen LogP contribution in [0.4, 0.5) is 0 Å². The van der Waals surface area contributed by atoms with E-state index in [2.05, 4.69) is 0 Å². The van der Waals surface area contributed by atoms with Gasteiger partial charge in [0.05, 0.1) is 26.4 Å². The second kappa shape index (κ2) is 14.2. The number of hydrogen-bond donors (Lipinski definition) is 1. The molecule has 1 aliphatic heterocycles. The van der Waals surface area contributed by atoms with E-state index in [1.54, 1.807) is 0 Å². The molecule has 0 bridgehead atoms. The Morgan fingerprint density at radius 2 is 1.22 bits per heavy atom. The molecule has 1 N–H and O–H groups in total. The summed E-state index contributed by atoms with van der Waals surface area (Å²) in [6, 6.07) is 29.0. The maximum absolute atomic E-state index is 12.1. The first-order chi connectivity index (χ1) is 18.1. The second-order valence-electron chi connectivity index (χ2n) is 8.68. The lowest BCUT2D eigenvalue weighted by Crippen LogP contribution is -2.61. The van der Waals surface area contributed by atoms with E-state index in [0.717, 1.165) is 16.7 Å². The number of halogens is 1. The maximum Gasteiger partial charge on any atom is 0.321 e. The molecule has 0 amide bonds. The Morgan fingerprint density at radius 3 is 1.73 bits per heavy atom. The maximum atomic E-state index is 12.1. The van der Waals surface area contributed by atoms with Crippen molar-refractivity contribution in [3.8, 4) is 0 Å². The van der Waals surface area contributed by atoms with E-state index < -0.39 is 36.7 Å². The van der Waals surface area contributed by atoms with E-state index in [9.17, 15) is 9.90 Å². The predicted molar refractivity (Wildman–Crippen MR) is 138 cm³/mol. The molecule has 4 rings (SSSR count). The third-order valence-corrected chi connectivity index (χ3v) is 6.17. The molecule has 1 fully saturated rings. The molecule has 0 unspecified atom stereocenters. The van der Waals surface area contributed by atoms with Gasteiger partial charge >= 0.3 is 5.97 Å². The summed E-state index contributed by atoms with van der Waals surface area (Å²) in [5.41, 5.74) is 2.88. The van der Waals surface area contributed by atoms with Crippen LogP contribution in [0.3, 0.4) is 0 Å². The van der Waals surface area contributed by atoms with Gasteiger partial charge in [0, 0.05) is 0 Å². The van der Waals surface area contributed by atoms with E-state index in [1.165, 1.54) is 0 Å². The van der Waals surface area contributed by atoms with Crippen molar-refractivity contribution in [2.75, 3.05) is 12.5 Å². The van der Waals surface area contributed by atoms with Crippen LogP contribution in [0.2, 0.25) is 0 Å². The summed E-state index contributed by atoms with van der Waals surface area (Å²) in [5, 5.41) is 10.8. The smallest absolute Gasteiger partial charge is 0.321 e. The molecule has 0 spiro atoms. The van der Waals surface area contributed by atoms with Gasteiger partial charge in [-0.2, -0.15) is 0 Å². The highest BCUT2D eigenvalue weighted by Crippen LogP contribution is 2.29. The highest BCUT2D eigenvalue weighted by atomic mass is 35.5. The first kappa shape index (κ1) is 27.3. The van der Waals surface area contributed by atoms with Crippen molar-refractivity contribution in [1.29, 1.82) is 0 Å². The Bertz CT molecular complexity index is 1070. The summed E-state index contributed by atoms with van der Waals surface area (Å²) in [6.07, 6.45) is -4.83. The average Bonchev–Trinajstić information content (AvgIpc) is 2.94. The number of aliphatic hydroxyl groups excluding tert-OH is 1. The van der Waals surface area contributed by atoms with Gasteiger partial charge in [0.15, 0.2) is 12.4 Å². The Morgan fingerprint density at radius 1 is 0.730 bits per heavy atom. The van der Waals surface area contributed by atoms with E-state index in [4.69, 9.17) is 35.3 Å². The summed E-state index contributed by atoms with van der Waals surface area (Å²) >= 11 is 5.68. The zero-order valence-corrected chi connectivity index (χ0v) is 21.1. The second-order valence-corrected chi connectivity index (χ2v) is 8.94. The van der Waals surface area contributed by atoms with Crippen molar-refractivity contribution in [1.82, 2.24) is 0 Å². The Balaban J connectivity index is 1.54. The summed E-state index contributed by atoms with van der Waals surface area (Å²) in [4.78, 5) is 12.1. The molecule has 0 saturated carbocycles. The molecule has 5 atom stereocenters. The zero-order chi connectivity index (χ0) is 25.9. The van der Waals surface area contributed by atoms with Gasteiger partial charge in [-0.25, -0.2) is 0 Å². The number of esters is 1. The topological polar surface area (TPSA) is 83.5 Å². The van der Waals surface area contributed by atoms with Crippen molar-refractivity contribution in [3.63, 3.8) is 0 Å². The van der Waals surface area contributed by atoms with Gasteiger partial charge in [0.1, 0.15) is 24.2 Å². The fraction of sp³-hybridized carbons (Fsp3) is 0.345. The first-order valence-electron chi connectivity index (χ1n) is 12.2. The van der Waals surface area contributed by atoms with Crippen LogP contribution >= 0.6 is 11.6 Å².